The van der Waals surface area contributed by atoms with Crippen LogP contribution in [-0.4, -0.2) is 95.0 Å². The van der Waals surface area contributed by atoms with Gasteiger partial charge in [0.25, 0.3) is 11.8 Å². The monoisotopic (exact) mass is 935 g/mol. The first-order chi connectivity index (χ1) is 30.3. The van der Waals surface area contributed by atoms with E-state index in [0.717, 1.165) is 11.3 Å². The molecule has 3 aliphatic rings. The zero-order chi connectivity index (χ0) is 48.0. The summed E-state index contributed by atoms with van der Waals surface area (Å²) in [6, 6.07) is 5.74. The highest BCUT2D eigenvalue weighted by Gasteiger charge is 2.57. The second kappa shape index (κ2) is 18.2. The Balaban J connectivity index is 1.40. The van der Waals surface area contributed by atoms with E-state index in [1.54, 1.807) is 0 Å². The minimum absolute atomic E-state index is 0.103. The number of anilines is 1. The molecule has 6 N–H and O–H groups in total. The van der Waals surface area contributed by atoms with Crippen molar-refractivity contribution in [2.24, 2.45) is 22.3 Å². The van der Waals surface area contributed by atoms with E-state index in [9.17, 15) is 28.8 Å². The zero-order valence-electron chi connectivity index (χ0n) is 39.4. The summed E-state index contributed by atoms with van der Waals surface area (Å²) in [6.07, 6.45) is 1.27. The van der Waals surface area contributed by atoms with Gasteiger partial charge in [0.1, 0.15) is 22.1 Å². The molecule has 3 fully saturated rings. The van der Waals surface area contributed by atoms with Crippen LogP contribution in [0, 0.1) is 10.8 Å². The van der Waals surface area contributed by atoms with Gasteiger partial charge in [-0.05, 0) is 72.5 Å². The number of nitrogens with one attached hydrogen (secondary N) is 2. The van der Waals surface area contributed by atoms with E-state index in [-0.39, 0.29) is 43.4 Å². The fourth-order valence-electron chi connectivity index (χ4n) is 9.51. The molecular formula is C46H65N9O8S2. The average molecular weight is 936 g/mol. The van der Waals surface area contributed by atoms with Crippen molar-refractivity contribution in [2.45, 2.75) is 141 Å². The Kier molecular flexibility index (Phi) is 13.7. The first kappa shape index (κ1) is 49.1. The molecule has 3 aromatic rings. The molecule has 354 valence electrons. The second-order valence-electron chi connectivity index (χ2n) is 20.5. The Morgan fingerprint density at radius 2 is 1.06 bits per heavy atom. The molecule has 6 rings (SSSR count). The number of methoxy groups -OCH3 is 2. The maximum atomic E-state index is 14.4. The van der Waals surface area contributed by atoms with E-state index in [4.69, 9.17) is 30.9 Å². The zero-order valence-corrected chi connectivity index (χ0v) is 41.0. The van der Waals surface area contributed by atoms with Crippen molar-refractivity contribution in [1.82, 2.24) is 30.4 Å². The molecule has 0 saturated carbocycles. The van der Waals surface area contributed by atoms with Crippen LogP contribution in [-0.2, 0) is 45.1 Å². The topological polar surface area (TPSA) is 232 Å². The largest absolute Gasteiger partial charge is 0.453 e. The number of nitrogens with two attached hydrogens (primary N) is 2. The number of ether oxygens (including phenoxy) is 2. The Labute approximate surface area is 389 Å². The summed E-state index contributed by atoms with van der Waals surface area (Å²) in [4.78, 5) is 96.7. The van der Waals surface area contributed by atoms with Gasteiger partial charge < -0.3 is 46.3 Å². The molecule has 1 aromatic carbocycles. The Morgan fingerprint density at radius 3 is 1.38 bits per heavy atom. The van der Waals surface area contributed by atoms with Crippen LogP contribution in [0.5, 0.6) is 0 Å². The predicted octanol–water partition coefficient (Wildman–Crippen LogP) is 6.13. The highest BCUT2D eigenvalue weighted by Crippen LogP contribution is 2.51. The third kappa shape index (κ3) is 9.14. The minimum Gasteiger partial charge on any atom is -0.453 e. The van der Waals surface area contributed by atoms with Crippen LogP contribution in [0.2, 0.25) is 0 Å². The van der Waals surface area contributed by atoms with Crippen molar-refractivity contribution in [3.63, 3.8) is 0 Å². The van der Waals surface area contributed by atoms with Crippen LogP contribution in [0.3, 0.4) is 0 Å². The van der Waals surface area contributed by atoms with Gasteiger partial charge in [-0.3, -0.25) is 19.2 Å². The van der Waals surface area contributed by atoms with Gasteiger partial charge in [-0.15, -0.1) is 22.7 Å². The van der Waals surface area contributed by atoms with E-state index in [1.165, 1.54) is 46.7 Å². The molecule has 3 saturated heterocycles. The highest BCUT2D eigenvalue weighted by molar-refractivity contribution is 7.10. The molecule has 3 aliphatic heterocycles. The van der Waals surface area contributed by atoms with E-state index < -0.39 is 69.8 Å². The van der Waals surface area contributed by atoms with E-state index in [2.05, 4.69) is 60.6 Å². The number of aromatic nitrogens is 2. The van der Waals surface area contributed by atoms with E-state index in [0.29, 0.717) is 47.1 Å². The van der Waals surface area contributed by atoms with Gasteiger partial charge in [0.2, 0.25) is 11.8 Å². The van der Waals surface area contributed by atoms with Gasteiger partial charge in [0.05, 0.1) is 37.7 Å². The quantitative estimate of drug-likeness (QED) is 0.171. The molecule has 17 nitrogen and oxygen atoms in total. The van der Waals surface area contributed by atoms with Crippen LogP contribution >= 0.6 is 22.7 Å². The third-order valence-corrected chi connectivity index (χ3v) is 15.1. The number of amides is 6. The molecule has 0 radical (unpaired) electrons. The number of carbonyl (C=O) groups is 6. The molecule has 65 heavy (non-hydrogen) atoms. The van der Waals surface area contributed by atoms with Gasteiger partial charge in [0.15, 0.2) is 11.1 Å². The first-order valence-electron chi connectivity index (χ1n) is 22.0. The number of alkyl carbamates (subject to hydrolysis) is 2. The Hall–Kier alpha value is -5.30. The summed E-state index contributed by atoms with van der Waals surface area (Å²) >= 11 is 2.55. The van der Waals surface area contributed by atoms with E-state index in [1.807, 2.05) is 52.3 Å². The number of hydrogen-bond donors (Lipinski definition) is 4. The maximum Gasteiger partial charge on any atom is 0.407 e. The predicted molar refractivity (Wildman–Crippen MR) is 248 cm³/mol. The summed E-state index contributed by atoms with van der Waals surface area (Å²) in [6.45, 7) is 17.9. The fraction of sp³-hybridized carbons (Fsp3) is 0.609. The second-order valence-corrected chi connectivity index (χ2v) is 22.2. The number of benzene rings is 1. The molecule has 0 spiro atoms. The van der Waals surface area contributed by atoms with Crippen molar-refractivity contribution >= 4 is 64.2 Å². The van der Waals surface area contributed by atoms with Crippen LogP contribution in [0.25, 0.3) is 0 Å². The summed E-state index contributed by atoms with van der Waals surface area (Å²) in [7, 11) is 2.45. The van der Waals surface area contributed by atoms with Gasteiger partial charge in [0, 0.05) is 29.5 Å². The van der Waals surface area contributed by atoms with E-state index >= 15 is 0 Å². The third-order valence-electron chi connectivity index (χ3n) is 13.1. The first-order valence-corrected chi connectivity index (χ1v) is 23.8. The standard InChI is InChI=1S/C46H65N9O8S2/c1-42(2,3)26-14-16-27(17-15-26)55-30(28-24-64-38(49-28)45(36(47)58)20-12-22-53(45)34(56)32(43(4,5)6)51-40(60)62-10)18-19-31(55)29-25-65-39(50-29)46(37(48)59)21-13-23-54(46)35(57)33(44(7,8)9)52-41(61)63-11/h14-17,24-25,30-33H,12-13,18-23H2,1-11H3,(H2,47,58)(H2,48,59)(H,51,60)(H,52,61)/t30-,31-,32+,33+,45-,46-/m0/s1. The van der Waals surface area contributed by atoms with Gasteiger partial charge in [-0.2, -0.15) is 0 Å². The van der Waals surface area contributed by atoms with Crippen LogP contribution in [0.1, 0.15) is 140 Å². The molecule has 2 aromatic heterocycles. The van der Waals surface area contributed by atoms with Crippen molar-refractivity contribution in [2.75, 3.05) is 32.2 Å². The number of likely N-dealkylation sites (tertiary alicyclic amines) is 2. The summed E-state index contributed by atoms with van der Waals surface area (Å²) < 4.78 is 9.70. The molecule has 0 unspecified atom stereocenters. The van der Waals surface area contributed by atoms with Crippen LogP contribution in [0.4, 0.5) is 15.3 Å². The Morgan fingerprint density at radius 1 is 0.677 bits per heavy atom. The average Bonchev–Trinajstić information content (AvgIpc) is 4.08. The molecule has 0 bridgehead atoms. The lowest BCUT2D eigenvalue weighted by atomic mass is 9.84. The Bertz CT molecular complexity index is 2160. The number of rotatable bonds is 11. The molecule has 5 heterocycles. The minimum atomic E-state index is -1.55. The lowest BCUT2D eigenvalue weighted by Gasteiger charge is -2.39. The van der Waals surface area contributed by atoms with Crippen molar-refractivity contribution in [3.05, 3.63) is 62.0 Å². The maximum absolute atomic E-state index is 14.4. The SMILES string of the molecule is COC(=O)N[C@H](C(=O)N1CCC[C@]1(C(N)=O)c1nc([C@@H]2CC[C@@H](c3csc([C@@]4(C(N)=O)CCCN4C(=O)[C@@H](NC(=O)OC)C(C)(C)C)n3)N2c2ccc(C(C)(C)C)cc2)cs1)C(C)(C)C. The van der Waals surface area contributed by atoms with Gasteiger partial charge >= 0.3 is 12.2 Å². The van der Waals surface area contributed by atoms with Crippen molar-refractivity contribution < 1.29 is 38.2 Å². The van der Waals surface area contributed by atoms with Gasteiger partial charge in [-0.1, -0.05) is 74.4 Å². The number of thiazole rings is 2. The molecule has 6 amide bonds. The van der Waals surface area contributed by atoms with Crippen molar-refractivity contribution in [1.29, 1.82) is 0 Å². The summed E-state index contributed by atoms with van der Waals surface area (Å²) in [5, 5.41) is 9.98. The number of primary amides is 2. The smallest absolute Gasteiger partial charge is 0.407 e. The lowest BCUT2D eigenvalue weighted by Crippen LogP contribution is -2.61. The lowest BCUT2D eigenvalue weighted by molar-refractivity contribution is -0.147. The fourth-order valence-corrected chi connectivity index (χ4v) is 11.7. The van der Waals surface area contributed by atoms with Crippen molar-refractivity contribution in [3.8, 4) is 0 Å². The molecular weight excluding hydrogens is 871 g/mol. The molecule has 6 atom stereocenters. The number of nitrogens with zero attached hydrogens (tertiary/aromatic N) is 5. The number of hydrogen-bond acceptors (Lipinski definition) is 13. The number of carbonyl (C=O) groups excluding carboxylic acids is 6. The van der Waals surface area contributed by atoms with Crippen LogP contribution < -0.4 is 27.0 Å². The van der Waals surface area contributed by atoms with Crippen LogP contribution in [0.15, 0.2) is 35.0 Å². The summed E-state index contributed by atoms with van der Waals surface area (Å²) in [5.41, 5.74) is 11.3. The molecule has 0 aliphatic carbocycles. The van der Waals surface area contributed by atoms with Gasteiger partial charge in [-0.25, -0.2) is 19.6 Å². The highest BCUT2D eigenvalue weighted by atomic mass is 32.1. The normalized spacial score (nSPS) is 23.5. The summed E-state index contributed by atoms with van der Waals surface area (Å²) in [5.74, 6) is -2.33. The molecule has 19 heteroatoms.